The van der Waals surface area contributed by atoms with Gasteiger partial charge in [0.25, 0.3) is 0 Å². The van der Waals surface area contributed by atoms with Gasteiger partial charge in [0.05, 0.1) is 18.8 Å². The van der Waals surface area contributed by atoms with Gasteiger partial charge < -0.3 is 14.8 Å². The van der Waals surface area contributed by atoms with E-state index in [9.17, 15) is 0 Å². The molecule has 0 bridgehead atoms. The zero-order chi connectivity index (χ0) is 12.9. The molecule has 0 spiro atoms. The molecule has 0 unspecified atom stereocenters. The quantitative estimate of drug-likeness (QED) is 0.839. The molecule has 1 saturated carbocycles. The summed E-state index contributed by atoms with van der Waals surface area (Å²) in [5.41, 5.74) is 0. The third kappa shape index (κ3) is 4.81. The number of ether oxygens (including phenoxy) is 2. The van der Waals surface area contributed by atoms with Gasteiger partial charge in [0.1, 0.15) is 0 Å². The van der Waals surface area contributed by atoms with Crippen molar-refractivity contribution in [3.63, 3.8) is 0 Å². The highest BCUT2D eigenvalue weighted by molar-refractivity contribution is 8.03. The molecular formula is C14H25NO2S2. The van der Waals surface area contributed by atoms with E-state index in [0.717, 1.165) is 32.2 Å². The molecule has 19 heavy (non-hydrogen) atoms. The van der Waals surface area contributed by atoms with Crippen LogP contribution in [0, 0.1) is 5.92 Å². The zero-order valence-electron chi connectivity index (χ0n) is 11.5. The largest absolute Gasteiger partial charge is 0.380 e. The first-order valence-electron chi connectivity index (χ1n) is 7.52. The fourth-order valence-electron chi connectivity index (χ4n) is 2.63. The summed E-state index contributed by atoms with van der Waals surface area (Å²) >= 11 is 4.15. The highest BCUT2D eigenvalue weighted by atomic mass is 32.2. The molecule has 3 rings (SSSR count). The summed E-state index contributed by atoms with van der Waals surface area (Å²) in [6.07, 6.45) is 4.17. The molecule has 2 aliphatic heterocycles. The van der Waals surface area contributed by atoms with Gasteiger partial charge in [-0.15, -0.1) is 0 Å². The van der Waals surface area contributed by atoms with Crippen LogP contribution in [0.25, 0.3) is 0 Å². The molecule has 1 N–H and O–H groups in total. The molecule has 3 aliphatic rings. The minimum absolute atomic E-state index is 0.368. The minimum Gasteiger partial charge on any atom is -0.380 e. The first-order valence-corrected chi connectivity index (χ1v) is 9.83. The third-order valence-electron chi connectivity index (χ3n) is 4.00. The lowest BCUT2D eigenvalue weighted by molar-refractivity contribution is -0.0604. The number of thioether (sulfide) groups is 2. The van der Waals surface area contributed by atoms with Gasteiger partial charge in [-0.1, -0.05) is 0 Å². The van der Waals surface area contributed by atoms with Gasteiger partial charge in [-0.3, -0.25) is 0 Å². The van der Waals surface area contributed by atoms with Crippen LogP contribution in [0.3, 0.4) is 0 Å². The van der Waals surface area contributed by atoms with Gasteiger partial charge in [-0.25, -0.2) is 0 Å². The van der Waals surface area contributed by atoms with Crippen molar-refractivity contribution in [1.29, 1.82) is 0 Å². The van der Waals surface area contributed by atoms with Crippen molar-refractivity contribution in [2.45, 2.75) is 37.5 Å². The topological polar surface area (TPSA) is 30.5 Å². The summed E-state index contributed by atoms with van der Waals surface area (Å²) < 4.78 is 11.8. The van der Waals surface area contributed by atoms with E-state index in [4.69, 9.17) is 9.47 Å². The molecule has 2 atom stereocenters. The number of rotatable bonds is 5. The normalized spacial score (nSPS) is 34.1. The molecule has 2 heterocycles. The smallest absolute Gasteiger partial charge is 0.0772 e. The Morgan fingerprint density at radius 3 is 2.63 bits per heavy atom. The van der Waals surface area contributed by atoms with Crippen molar-refractivity contribution >= 4 is 23.5 Å². The molecule has 5 heteroatoms. The van der Waals surface area contributed by atoms with Crippen molar-refractivity contribution in [3.05, 3.63) is 0 Å². The highest BCUT2D eigenvalue weighted by Crippen LogP contribution is 2.30. The molecule has 0 aromatic rings. The van der Waals surface area contributed by atoms with Crippen LogP contribution in [-0.2, 0) is 9.47 Å². The fraction of sp³-hybridized carbons (Fsp3) is 1.00. The monoisotopic (exact) mass is 303 g/mol. The van der Waals surface area contributed by atoms with Crippen LogP contribution in [0.5, 0.6) is 0 Å². The van der Waals surface area contributed by atoms with Gasteiger partial charge in [-0.05, 0) is 25.2 Å². The maximum absolute atomic E-state index is 6.14. The summed E-state index contributed by atoms with van der Waals surface area (Å²) in [5.74, 6) is 5.92. The molecule has 0 aromatic heterocycles. The molecule has 0 amide bonds. The van der Waals surface area contributed by atoms with Crippen molar-refractivity contribution in [1.82, 2.24) is 5.32 Å². The first kappa shape index (κ1) is 14.5. The number of hydrogen-bond acceptors (Lipinski definition) is 5. The highest BCUT2D eigenvalue weighted by Gasteiger charge is 2.31. The number of hydrogen-bond donors (Lipinski definition) is 1. The lowest BCUT2D eigenvalue weighted by atomic mass is 10.1. The zero-order valence-corrected chi connectivity index (χ0v) is 13.1. The van der Waals surface area contributed by atoms with Gasteiger partial charge in [0.15, 0.2) is 0 Å². The van der Waals surface area contributed by atoms with Gasteiger partial charge >= 0.3 is 0 Å². The molecule has 3 fully saturated rings. The second-order valence-corrected chi connectivity index (χ2v) is 8.10. The number of nitrogens with one attached hydrogen (secondary N) is 1. The Hall–Kier alpha value is 0.580. The lowest BCUT2D eigenvalue weighted by Crippen LogP contribution is -2.53. The SMILES string of the molecule is C1C[C@@H](OCC2CC2)[C@@H](NC2CSCCSC2)CO1. The van der Waals surface area contributed by atoms with Crippen LogP contribution in [0.1, 0.15) is 19.3 Å². The predicted octanol–water partition coefficient (Wildman–Crippen LogP) is 2.01. The summed E-state index contributed by atoms with van der Waals surface area (Å²) in [6.45, 7) is 2.65. The molecule has 0 aromatic carbocycles. The Balaban J connectivity index is 1.47. The first-order chi connectivity index (χ1) is 9.42. The Bertz CT molecular complexity index is 268. The maximum atomic E-state index is 6.14. The predicted molar refractivity (Wildman–Crippen MR) is 83.3 cm³/mol. The summed E-state index contributed by atoms with van der Waals surface area (Å²) in [4.78, 5) is 0. The minimum atomic E-state index is 0.368. The van der Waals surface area contributed by atoms with Crippen molar-refractivity contribution in [3.8, 4) is 0 Å². The molecule has 110 valence electrons. The van der Waals surface area contributed by atoms with Gasteiger partial charge in [-0.2, -0.15) is 23.5 Å². The van der Waals surface area contributed by atoms with Crippen LogP contribution in [0.2, 0.25) is 0 Å². The van der Waals surface area contributed by atoms with E-state index < -0.39 is 0 Å². The van der Waals surface area contributed by atoms with Crippen LogP contribution in [0.15, 0.2) is 0 Å². The second-order valence-electron chi connectivity index (χ2n) is 5.80. The van der Waals surface area contributed by atoms with Crippen molar-refractivity contribution in [2.24, 2.45) is 5.92 Å². The van der Waals surface area contributed by atoms with E-state index in [2.05, 4.69) is 28.8 Å². The standard InChI is InChI=1S/C14H25NO2S2/c1-2-11(1)7-17-14-3-4-16-8-13(14)15-12-9-18-5-6-19-10-12/h11-15H,1-10H2/t13-,14+/m0/s1. The van der Waals surface area contributed by atoms with Crippen molar-refractivity contribution < 1.29 is 9.47 Å². The lowest BCUT2D eigenvalue weighted by Gasteiger charge is -2.34. The van der Waals surface area contributed by atoms with Gasteiger partial charge in [0.2, 0.25) is 0 Å². The fourth-order valence-corrected chi connectivity index (χ4v) is 5.06. The second kappa shape index (κ2) is 7.55. The average Bonchev–Trinajstić information content (AvgIpc) is 3.25. The summed E-state index contributed by atoms with van der Waals surface area (Å²) in [6, 6.07) is 1.02. The van der Waals surface area contributed by atoms with Crippen molar-refractivity contribution in [2.75, 3.05) is 42.8 Å². The van der Waals surface area contributed by atoms with E-state index in [-0.39, 0.29) is 0 Å². The Morgan fingerprint density at radius 2 is 1.89 bits per heavy atom. The van der Waals surface area contributed by atoms with E-state index in [1.54, 1.807) is 0 Å². The van der Waals surface area contributed by atoms with Crippen LogP contribution >= 0.6 is 23.5 Å². The third-order valence-corrected chi connectivity index (χ3v) is 6.52. The van der Waals surface area contributed by atoms with E-state index in [1.807, 2.05) is 0 Å². The molecule has 3 nitrogen and oxygen atoms in total. The molecule has 2 saturated heterocycles. The summed E-state index contributed by atoms with van der Waals surface area (Å²) in [7, 11) is 0. The van der Waals surface area contributed by atoms with E-state index in [1.165, 1.54) is 35.9 Å². The maximum Gasteiger partial charge on any atom is 0.0772 e. The molecule has 0 radical (unpaired) electrons. The van der Waals surface area contributed by atoms with Crippen LogP contribution < -0.4 is 5.32 Å². The van der Waals surface area contributed by atoms with Crippen LogP contribution in [-0.4, -0.2) is 61.0 Å². The Kier molecular flexibility index (Phi) is 5.77. The summed E-state index contributed by atoms with van der Waals surface area (Å²) in [5, 5.41) is 3.80. The van der Waals surface area contributed by atoms with Gasteiger partial charge in [0, 0.05) is 42.3 Å². The van der Waals surface area contributed by atoms with E-state index >= 15 is 0 Å². The Morgan fingerprint density at radius 1 is 1.11 bits per heavy atom. The van der Waals surface area contributed by atoms with Crippen LogP contribution in [0.4, 0.5) is 0 Å². The van der Waals surface area contributed by atoms with E-state index in [0.29, 0.717) is 18.2 Å². The molecule has 1 aliphatic carbocycles. The average molecular weight is 303 g/mol. The Labute approximate surface area is 124 Å². The molecular weight excluding hydrogens is 278 g/mol.